The molecule has 0 unspecified atom stereocenters. The minimum atomic E-state index is -3.88. The minimum absolute atomic E-state index is 0.0554. The van der Waals surface area contributed by atoms with Gasteiger partial charge >= 0.3 is 0 Å². The Hall–Kier alpha value is -3.58. The maximum atomic E-state index is 13.4. The summed E-state index contributed by atoms with van der Waals surface area (Å²) in [5.74, 6) is -1.20. The standard InChI is InChI=1S/C30H45N7O6S2/c1-5-9-17-36(18-10-6-2)44(40,41)24-13-15-28(38)26(21-24)32-34-30(23-31)35-33-27-22-25(14-16-29(27)39)45(42,43)37(19-11-7-3)20-12-8-4/h13-16,21-22,32,38-39H,5-12,17-20H2,1-4H3. The first-order valence-corrected chi connectivity index (χ1v) is 18.2. The molecule has 2 rings (SSSR count). The fourth-order valence-electron chi connectivity index (χ4n) is 4.13. The molecule has 0 aromatic heterocycles. The average molecular weight is 664 g/mol. The Kier molecular flexibility index (Phi) is 15.4. The zero-order valence-electron chi connectivity index (χ0n) is 26.5. The summed E-state index contributed by atoms with van der Waals surface area (Å²) in [6.07, 6.45) is 6.11. The molecule has 0 aliphatic rings. The molecule has 0 radical (unpaired) electrons. The second-order valence-corrected chi connectivity index (χ2v) is 14.3. The van der Waals surface area contributed by atoms with Crippen molar-refractivity contribution in [2.45, 2.75) is 88.9 Å². The lowest BCUT2D eigenvalue weighted by atomic mass is 10.3. The molecule has 0 heterocycles. The first-order valence-electron chi connectivity index (χ1n) is 15.3. The lowest BCUT2D eigenvalue weighted by Crippen LogP contribution is -2.33. The van der Waals surface area contributed by atoms with Crippen molar-refractivity contribution in [2.75, 3.05) is 31.6 Å². The second kappa shape index (κ2) is 18.4. The highest BCUT2D eigenvalue weighted by Gasteiger charge is 2.26. The molecule has 248 valence electrons. The van der Waals surface area contributed by atoms with Crippen LogP contribution in [0.3, 0.4) is 0 Å². The van der Waals surface area contributed by atoms with Crippen molar-refractivity contribution in [3.8, 4) is 17.6 Å². The summed E-state index contributed by atoms with van der Waals surface area (Å²) in [4.78, 5) is -0.134. The lowest BCUT2D eigenvalue weighted by molar-refractivity contribution is 0.394. The predicted octanol–water partition coefficient (Wildman–Crippen LogP) is 6.31. The zero-order valence-corrected chi connectivity index (χ0v) is 28.1. The molecular formula is C30H45N7O6S2. The van der Waals surface area contributed by atoms with Crippen LogP contribution in [0.1, 0.15) is 79.1 Å². The summed E-state index contributed by atoms with van der Waals surface area (Å²) in [6, 6.07) is 9.08. The van der Waals surface area contributed by atoms with Gasteiger partial charge in [-0.05, 0) is 62.1 Å². The minimum Gasteiger partial charge on any atom is -0.506 e. The molecule has 0 saturated carbocycles. The molecule has 0 saturated heterocycles. The van der Waals surface area contributed by atoms with Crippen molar-refractivity contribution in [1.82, 2.24) is 8.61 Å². The van der Waals surface area contributed by atoms with Crippen molar-refractivity contribution >= 4 is 37.3 Å². The molecular weight excluding hydrogens is 619 g/mol. The number of nitrogens with one attached hydrogen (secondary N) is 1. The quantitative estimate of drug-likeness (QED) is 0.0512. The smallest absolute Gasteiger partial charge is 0.270 e. The number of phenols is 2. The van der Waals surface area contributed by atoms with Crippen molar-refractivity contribution < 1.29 is 27.0 Å². The van der Waals surface area contributed by atoms with E-state index in [1.54, 1.807) is 6.07 Å². The first-order chi connectivity index (χ1) is 21.5. The lowest BCUT2D eigenvalue weighted by Gasteiger charge is -2.22. The number of unbranched alkanes of at least 4 members (excludes halogenated alkanes) is 4. The van der Waals surface area contributed by atoms with E-state index >= 15 is 0 Å². The predicted molar refractivity (Wildman–Crippen MR) is 175 cm³/mol. The number of nitrogens with zero attached hydrogens (tertiary/aromatic N) is 6. The van der Waals surface area contributed by atoms with E-state index in [4.69, 9.17) is 0 Å². The maximum Gasteiger partial charge on any atom is 0.270 e. The third kappa shape index (κ3) is 10.8. The van der Waals surface area contributed by atoms with E-state index in [9.17, 15) is 32.3 Å². The third-order valence-electron chi connectivity index (χ3n) is 6.87. The molecule has 13 nitrogen and oxygen atoms in total. The number of phenolic OH excluding ortho intramolecular Hbond substituents is 2. The summed E-state index contributed by atoms with van der Waals surface area (Å²) in [7, 11) is -7.75. The molecule has 3 N–H and O–H groups in total. The first kappa shape index (κ1) is 37.6. The molecule has 0 aliphatic heterocycles. The van der Waals surface area contributed by atoms with Crippen LogP contribution in [0, 0.1) is 11.3 Å². The number of amidine groups is 1. The van der Waals surface area contributed by atoms with Crippen LogP contribution in [0.5, 0.6) is 11.5 Å². The van der Waals surface area contributed by atoms with Crippen LogP contribution in [-0.2, 0) is 20.0 Å². The number of hydrogen-bond acceptors (Lipinski definition) is 10. The van der Waals surface area contributed by atoms with Gasteiger partial charge in [-0.2, -0.15) is 13.9 Å². The van der Waals surface area contributed by atoms with Crippen molar-refractivity contribution in [3.63, 3.8) is 0 Å². The number of rotatable bonds is 19. The second-order valence-electron chi connectivity index (χ2n) is 10.4. The Morgan fingerprint density at radius 1 is 0.756 bits per heavy atom. The zero-order chi connectivity index (χ0) is 33.5. The molecule has 2 aromatic rings. The number of nitriles is 1. The van der Waals surface area contributed by atoms with Crippen molar-refractivity contribution in [2.24, 2.45) is 15.3 Å². The van der Waals surface area contributed by atoms with Gasteiger partial charge in [-0.3, -0.25) is 5.43 Å². The van der Waals surface area contributed by atoms with E-state index in [0.717, 1.165) is 25.7 Å². The fourth-order valence-corrected chi connectivity index (χ4v) is 7.21. The Morgan fingerprint density at radius 3 is 1.64 bits per heavy atom. The summed E-state index contributed by atoms with van der Waals surface area (Å²) in [5.41, 5.74) is 2.18. The number of hydrazone groups is 1. The van der Waals surface area contributed by atoms with Gasteiger partial charge in [0.25, 0.3) is 5.84 Å². The van der Waals surface area contributed by atoms with Crippen LogP contribution in [-0.4, -0.2) is 67.7 Å². The third-order valence-corrected chi connectivity index (χ3v) is 10.7. The summed E-state index contributed by atoms with van der Waals surface area (Å²) in [5, 5.41) is 41.6. The van der Waals surface area contributed by atoms with Gasteiger partial charge in [0.05, 0.1) is 15.5 Å². The number of benzene rings is 2. The van der Waals surface area contributed by atoms with Gasteiger partial charge in [-0.15, -0.1) is 15.3 Å². The largest absolute Gasteiger partial charge is 0.506 e. The van der Waals surface area contributed by atoms with E-state index < -0.39 is 25.9 Å². The number of aromatic hydroxyl groups is 2. The molecule has 15 heteroatoms. The van der Waals surface area contributed by atoms with Gasteiger partial charge < -0.3 is 10.2 Å². The van der Waals surface area contributed by atoms with Gasteiger partial charge in [-0.1, -0.05) is 53.4 Å². The SMILES string of the molecule is CCCCN(CCCC)S(=O)(=O)c1ccc(O)c(N=NC(C#N)=NNc2cc(S(=O)(=O)N(CCCC)CCCC)ccc2O)c1. The molecule has 0 fully saturated rings. The highest BCUT2D eigenvalue weighted by Crippen LogP contribution is 2.32. The van der Waals surface area contributed by atoms with E-state index in [1.165, 1.54) is 45.0 Å². The van der Waals surface area contributed by atoms with E-state index in [1.807, 2.05) is 27.7 Å². The monoisotopic (exact) mass is 663 g/mol. The van der Waals surface area contributed by atoms with Gasteiger partial charge in [0, 0.05) is 26.2 Å². The fraction of sp³-hybridized carbons (Fsp3) is 0.533. The maximum absolute atomic E-state index is 13.4. The van der Waals surface area contributed by atoms with Gasteiger partial charge in [0.15, 0.2) is 0 Å². The van der Waals surface area contributed by atoms with Crippen molar-refractivity contribution in [3.05, 3.63) is 36.4 Å². The van der Waals surface area contributed by atoms with Crippen LogP contribution in [0.25, 0.3) is 0 Å². The topological polar surface area (TPSA) is 188 Å². The van der Waals surface area contributed by atoms with E-state index in [0.29, 0.717) is 51.9 Å². The average Bonchev–Trinajstić information content (AvgIpc) is 3.02. The Bertz CT molecular complexity index is 1560. The summed E-state index contributed by atoms with van der Waals surface area (Å²) in [6.45, 7) is 9.36. The van der Waals surface area contributed by atoms with Crippen LogP contribution in [0.15, 0.2) is 61.5 Å². The molecule has 0 bridgehead atoms. The molecule has 45 heavy (non-hydrogen) atoms. The van der Waals surface area contributed by atoms with E-state index in [-0.39, 0.29) is 32.7 Å². The normalized spacial score (nSPS) is 12.7. The Labute approximate surface area is 267 Å². The number of sulfonamides is 2. The molecule has 2 aromatic carbocycles. The van der Waals surface area contributed by atoms with E-state index in [2.05, 4.69) is 20.8 Å². The van der Waals surface area contributed by atoms with Gasteiger partial charge in [0.1, 0.15) is 23.3 Å². The number of hydrogen-bond donors (Lipinski definition) is 3. The number of azo groups is 1. The molecule has 0 amide bonds. The Balaban J connectivity index is 2.35. The van der Waals surface area contributed by atoms with Gasteiger partial charge in [0.2, 0.25) is 20.0 Å². The highest BCUT2D eigenvalue weighted by atomic mass is 32.2. The van der Waals surface area contributed by atoms with Crippen LogP contribution < -0.4 is 5.43 Å². The van der Waals surface area contributed by atoms with Crippen LogP contribution in [0.4, 0.5) is 11.4 Å². The molecule has 0 aliphatic carbocycles. The van der Waals surface area contributed by atoms with Crippen LogP contribution >= 0.6 is 0 Å². The molecule has 0 atom stereocenters. The summed E-state index contributed by atoms with van der Waals surface area (Å²) < 4.78 is 56.3. The van der Waals surface area contributed by atoms with Crippen molar-refractivity contribution in [1.29, 1.82) is 5.26 Å². The van der Waals surface area contributed by atoms with Gasteiger partial charge in [-0.25, -0.2) is 16.8 Å². The highest BCUT2D eigenvalue weighted by molar-refractivity contribution is 7.89. The Morgan fingerprint density at radius 2 is 1.20 bits per heavy atom. The van der Waals surface area contributed by atoms with Crippen LogP contribution in [0.2, 0.25) is 0 Å². The molecule has 0 spiro atoms. The summed E-state index contributed by atoms with van der Waals surface area (Å²) >= 11 is 0. The number of anilines is 1.